The highest BCUT2D eigenvalue weighted by atomic mass is 32.2. The Hall–Kier alpha value is -2.99. The standard InChI is InChI=1S/C27H35F2N7O2S/c1-2-14-39(37,38)16-18-6-11-21(28)24(23(18)29)34-26-25-22(31-17-32-26)15-30-27(35-25)33-19-7-9-20(10-8-19)36-12-4-3-5-13-36/h6,11,15,17,19-20H,2-5,7-10,12-14,16H2,1H3,(H,30,33,35)(H,31,32,34). The van der Waals surface area contributed by atoms with Gasteiger partial charge in [0.05, 0.1) is 17.7 Å². The maximum Gasteiger partial charge on any atom is 0.223 e. The van der Waals surface area contributed by atoms with E-state index in [-0.39, 0.29) is 23.2 Å². The summed E-state index contributed by atoms with van der Waals surface area (Å²) in [5.41, 5.74) is 0.125. The van der Waals surface area contributed by atoms with Crippen LogP contribution in [0.15, 0.2) is 24.7 Å². The molecule has 0 bridgehead atoms. The number of fused-ring (bicyclic) bond motifs is 1. The van der Waals surface area contributed by atoms with Gasteiger partial charge in [-0.25, -0.2) is 37.1 Å². The van der Waals surface area contributed by atoms with Gasteiger partial charge in [0, 0.05) is 17.6 Å². The Kier molecular flexibility index (Phi) is 8.51. The summed E-state index contributed by atoms with van der Waals surface area (Å²) in [4.78, 5) is 20.0. The van der Waals surface area contributed by atoms with Gasteiger partial charge < -0.3 is 15.5 Å². The molecule has 5 rings (SSSR count). The lowest BCUT2D eigenvalue weighted by Crippen LogP contribution is -2.43. The largest absolute Gasteiger partial charge is 0.351 e. The van der Waals surface area contributed by atoms with Gasteiger partial charge in [-0.1, -0.05) is 19.4 Å². The topological polar surface area (TPSA) is 113 Å². The molecule has 12 heteroatoms. The number of benzene rings is 1. The van der Waals surface area contributed by atoms with Gasteiger partial charge in [0.15, 0.2) is 21.5 Å². The Morgan fingerprint density at radius 2 is 1.79 bits per heavy atom. The summed E-state index contributed by atoms with van der Waals surface area (Å²) in [6.45, 7) is 4.13. The quantitative estimate of drug-likeness (QED) is 0.375. The summed E-state index contributed by atoms with van der Waals surface area (Å²) in [5, 5.41) is 6.11. The first kappa shape index (κ1) is 27.6. The average Bonchev–Trinajstić information content (AvgIpc) is 2.93. The molecule has 210 valence electrons. The van der Waals surface area contributed by atoms with Gasteiger partial charge in [0.1, 0.15) is 28.9 Å². The maximum atomic E-state index is 15.3. The van der Waals surface area contributed by atoms with Gasteiger partial charge in [0.2, 0.25) is 5.95 Å². The van der Waals surface area contributed by atoms with Gasteiger partial charge in [-0.15, -0.1) is 0 Å². The third-order valence-electron chi connectivity index (χ3n) is 7.62. The van der Waals surface area contributed by atoms with Crippen molar-refractivity contribution in [1.29, 1.82) is 0 Å². The number of hydrogen-bond donors (Lipinski definition) is 2. The summed E-state index contributed by atoms with van der Waals surface area (Å²) >= 11 is 0. The van der Waals surface area contributed by atoms with Crippen molar-refractivity contribution in [2.45, 2.75) is 76.1 Å². The third-order valence-corrected chi connectivity index (χ3v) is 9.40. The zero-order valence-corrected chi connectivity index (χ0v) is 23.0. The van der Waals surface area contributed by atoms with E-state index in [9.17, 15) is 12.8 Å². The van der Waals surface area contributed by atoms with Crippen molar-refractivity contribution < 1.29 is 17.2 Å². The van der Waals surface area contributed by atoms with E-state index in [1.165, 1.54) is 38.7 Å². The maximum absolute atomic E-state index is 15.3. The highest BCUT2D eigenvalue weighted by Gasteiger charge is 2.27. The molecule has 1 aliphatic carbocycles. The van der Waals surface area contributed by atoms with Crippen LogP contribution < -0.4 is 10.6 Å². The molecule has 1 aliphatic heterocycles. The number of halogens is 2. The molecule has 2 aromatic heterocycles. The fraction of sp³-hybridized carbons (Fsp3) is 0.556. The van der Waals surface area contributed by atoms with Gasteiger partial charge >= 0.3 is 0 Å². The third kappa shape index (κ3) is 6.60. The highest BCUT2D eigenvalue weighted by Crippen LogP contribution is 2.30. The van der Waals surface area contributed by atoms with E-state index >= 15 is 4.39 Å². The summed E-state index contributed by atoms with van der Waals surface area (Å²) < 4.78 is 54.5. The first-order valence-electron chi connectivity index (χ1n) is 13.8. The van der Waals surface area contributed by atoms with Gasteiger partial charge in [0.25, 0.3) is 0 Å². The van der Waals surface area contributed by atoms with Crippen molar-refractivity contribution in [3.8, 4) is 0 Å². The molecule has 0 amide bonds. The molecule has 3 aromatic rings. The normalized spacial score (nSPS) is 20.7. The predicted molar refractivity (Wildman–Crippen MR) is 148 cm³/mol. The van der Waals surface area contributed by atoms with Crippen molar-refractivity contribution in [3.05, 3.63) is 41.9 Å². The van der Waals surface area contributed by atoms with Crippen LogP contribution in [0.4, 0.5) is 26.2 Å². The zero-order valence-electron chi connectivity index (χ0n) is 22.2. The molecule has 0 spiro atoms. The molecule has 0 atom stereocenters. The van der Waals surface area contributed by atoms with E-state index in [0.29, 0.717) is 29.4 Å². The number of sulfone groups is 1. The van der Waals surface area contributed by atoms with Crippen molar-refractivity contribution >= 4 is 38.3 Å². The van der Waals surface area contributed by atoms with Crippen LogP contribution in [0.3, 0.4) is 0 Å². The highest BCUT2D eigenvalue weighted by molar-refractivity contribution is 7.90. The SMILES string of the molecule is CCCS(=O)(=O)Cc1ccc(F)c(Nc2ncnc3cnc(NC4CCC(N5CCCCC5)CC4)nc23)c1F. The van der Waals surface area contributed by atoms with Crippen LogP contribution in [0.25, 0.3) is 11.0 Å². The number of piperidine rings is 1. The smallest absolute Gasteiger partial charge is 0.223 e. The molecule has 2 aliphatic rings. The minimum absolute atomic E-state index is 0.0737. The van der Waals surface area contributed by atoms with Gasteiger partial charge in [-0.3, -0.25) is 0 Å². The number of nitrogens with zero attached hydrogens (tertiary/aromatic N) is 5. The first-order chi connectivity index (χ1) is 18.8. The van der Waals surface area contributed by atoms with Crippen LogP contribution in [0.1, 0.15) is 63.9 Å². The monoisotopic (exact) mass is 559 g/mol. The van der Waals surface area contributed by atoms with Crippen LogP contribution in [0.5, 0.6) is 0 Å². The molecular formula is C27H35F2N7O2S. The molecule has 1 saturated heterocycles. The molecule has 1 aromatic carbocycles. The number of nitrogens with one attached hydrogen (secondary N) is 2. The lowest BCUT2D eigenvalue weighted by molar-refractivity contribution is 0.127. The van der Waals surface area contributed by atoms with E-state index in [2.05, 4.69) is 35.5 Å². The number of aromatic nitrogens is 4. The lowest BCUT2D eigenvalue weighted by atomic mass is 9.89. The van der Waals surface area contributed by atoms with E-state index in [0.717, 1.165) is 37.8 Å². The predicted octanol–water partition coefficient (Wildman–Crippen LogP) is 4.98. The number of rotatable bonds is 9. The zero-order chi connectivity index (χ0) is 27.4. The number of likely N-dealkylation sites (tertiary alicyclic amines) is 1. The average molecular weight is 560 g/mol. The van der Waals surface area contributed by atoms with Crippen molar-refractivity contribution in [1.82, 2.24) is 24.8 Å². The van der Waals surface area contributed by atoms with Crippen LogP contribution in [-0.4, -0.2) is 64.2 Å². The minimum atomic E-state index is -3.52. The Morgan fingerprint density at radius 3 is 2.54 bits per heavy atom. The minimum Gasteiger partial charge on any atom is -0.351 e. The second-order valence-electron chi connectivity index (χ2n) is 10.5. The van der Waals surface area contributed by atoms with Crippen LogP contribution in [-0.2, 0) is 15.6 Å². The lowest BCUT2D eigenvalue weighted by Gasteiger charge is -2.39. The summed E-state index contributed by atoms with van der Waals surface area (Å²) in [5.74, 6) is -1.92. The van der Waals surface area contributed by atoms with Crippen LogP contribution in [0.2, 0.25) is 0 Å². The van der Waals surface area contributed by atoms with Crippen LogP contribution >= 0.6 is 0 Å². The molecule has 9 nitrogen and oxygen atoms in total. The van der Waals surface area contributed by atoms with Crippen molar-refractivity contribution in [2.75, 3.05) is 29.5 Å². The van der Waals surface area contributed by atoms with Crippen molar-refractivity contribution in [3.63, 3.8) is 0 Å². The number of hydrogen-bond acceptors (Lipinski definition) is 9. The summed E-state index contributed by atoms with van der Waals surface area (Å²) in [6.07, 6.45) is 11.4. The molecule has 1 saturated carbocycles. The molecular weight excluding hydrogens is 524 g/mol. The van der Waals surface area contributed by atoms with Crippen molar-refractivity contribution in [2.24, 2.45) is 0 Å². The molecule has 2 fully saturated rings. The van der Waals surface area contributed by atoms with E-state index in [1.807, 2.05) is 0 Å². The first-order valence-corrected chi connectivity index (χ1v) is 15.6. The Morgan fingerprint density at radius 1 is 1.03 bits per heavy atom. The van der Waals surface area contributed by atoms with E-state index in [4.69, 9.17) is 0 Å². The van der Waals surface area contributed by atoms with Crippen LogP contribution in [0, 0.1) is 11.6 Å². The second kappa shape index (κ2) is 12.0. The molecule has 0 radical (unpaired) electrons. The number of anilines is 3. The Balaban J connectivity index is 1.32. The molecule has 3 heterocycles. The van der Waals surface area contributed by atoms with Gasteiger partial charge in [-0.2, -0.15) is 0 Å². The summed E-state index contributed by atoms with van der Waals surface area (Å²) in [7, 11) is -3.52. The molecule has 2 N–H and O–H groups in total. The van der Waals surface area contributed by atoms with Gasteiger partial charge in [-0.05, 0) is 64.1 Å². The fourth-order valence-corrected chi connectivity index (χ4v) is 7.09. The molecule has 39 heavy (non-hydrogen) atoms. The Labute approximate surface area is 227 Å². The van der Waals surface area contributed by atoms with E-state index < -0.39 is 32.9 Å². The Bertz CT molecular complexity index is 1410. The van der Waals surface area contributed by atoms with E-state index in [1.54, 1.807) is 13.1 Å². The fourth-order valence-electron chi connectivity index (χ4n) is 5.63. The second-order valence-corrected chi connectivity index (χ2v) is 12.7. The molecule has 0 unspecified atom stereocenters. The summed E-state index contributed by atoms with van der Waals surface area (Å²) in [6, 6.07) is 3.09.